The molecule has 0 aliphatic rings. The van der Waals surface area contributed by atoms with Crippen molar-refractivity contribution in [2.45, 2.75) is 0 Å². The molecule has 0 fully saturated rings. The molecule has 0 aliphatic carbocycles. The minimum absolute atomic E-state index is 0.162. The van der Waals surface area contributed by atoms with Gasteiger partial charge in [-0.05, 0) is 0 Å². The average Bonchev–Trinajstić information content (AvgIpc) is 2.03. The summed E-state index contributed by atoms with van der Waals surface area (Å²) in [5, 5.41) is 10.8. The number of amides is 1. The van der Waals surface area contributed by atoms with E-state index in [9.17, 15) is 4.79 Å². The van der Waals surface area contributed by atoms with E-state index in [1.165, 1.54) is 17.3 Å². The average molecular weight is 171 g/mol. The highest BCUT2D eigenvalue weighted by molar-refractivity contribution is 6.25. The van der Waals surface area contributed by atoms with Gasteiger partial charge in [0.1, 0.15) is 6.67 Å². The van der Waals surface area contributed by atoms with Crippen LogP contribution >= 0.6 is 0 Å². The molecule has 0 unspecified atom stereocenters. The second-order valence-electron chi connectivity index (χ2n) is 2.22. The first-order chi connectivity index (χ1) is 5.68. The van der Waals surface area contributed by atoms with Crippen LogP contribution in [-0.2, 0) is 4.79 Å². The van der Waals surface area contributed by atoms with E-state index < -0.39 is 0 Å². The first-order valence-corrected chi connectivity index (χ1v) is 3.42. The van der Waals surface area contributed by atoms with Gasteiger partial charge in [-0.1, -0.05) is 0 Å². The van der Waals surface area contributed by atoms with Crippen LogP contribution in [0.1, 0.15) is 0 Å². The molecule has 0 aromatic carbocycles. The van der Waals surface area contributed by atoms with Gasteiger partial charge in [0, 0.05) is 20.3 Å². The SMILES string of the molecule is CN(C)C(=O)/C=N/CN/C=C/O. The first kappa shape index (κ1) is 10.5. The van der Waals surface area contributed by atoms with Gasteiger partial charge in [-0.2, -0.15) is 0 Å². The quantitative estimate of drug-likeness (QED) is 0.347. The predicted octanol–water partition coefficient (Wildman–Crippen LogP) is -0.278. The van der Waals surface area contributed by atoms with E-state index >= 15 is 0 Å². The van der Waals surface area contributed by atoms with Crippen molar-refractivity contribution in [1.29, 1.82) is 0 Å². The number of rotatable bonds is 4. The van der Waals surface area contributed by atoms with Crippen molar-refractivity contribution in [2.24, 2.45) is 4.99 Å². The van der Waals surface area contributed by atoms with Crippen LogP contribution in [-0.4, -0.2) is 42.9 Å². The molecule has 2 N–H and O–H groups in total. The fourth-order valence-electron chi connectivity index (χ4n) is 0.397. The third kappa shape index (κ3) is 5.28. The maximum atomic E-state index is 10.9. The topological polar surface area (TPSA) is 64.9 Å². The molecule has 0 heterocycles. The number of aliphatic hydroxyl groups excluding tert-OH is 1. The van der Waals surface area contributed by atoms with Gasteiger partial charge in [-0.3, -0.25) is 9.79 Å². The van der Waals surface area contributed by atoms with Crippen LogP contribution in [0, 0.1) is 0 Å². The second kappa shape index (κ2) is 6.21. The molecule has 0 aromatic rings. The Morgan fingerprint density at radius 1 is 1.67 bits per heavy atom. The Bertz CT molecular complexity index is 187. The zero-order valence-electron chi connectivity index (χ0n) is 7.19. The first-order valence-electron chi connectivity index (χ1n) is 3.42. The molecule has 5 nitrogen and oxygen atoms in total. The number of aliphatic hydroxyl groups is 1. The number of aliphatic imine (C=N–C) groups is 1. The van der Waals surface area contributed by atoms with Crippen molar-refractivity contribution in [3.8, 4) is 0 Å². The van der Waals surface area contributed by atoms with Crippen LogP contribution in [0.2, 0.25) is 0 Å². The Morgan fingerprint density at radius 2 is 2.33 bits per heavy atom. The lowest BCUT2D eigenvalue weighted by molar-refractivity contribution is -0.121. The number of carbonyl (C=O) groups is 1. The Hall–Kier alpha value is -1.52. The van der Waals surface area contributed by atoms with Crippen molar-refractivity contribution >= 4 is 12.1 Å². The summed E-state index contributed by atoms with van der Waals surface area (Å²) < 4.78 is 0. The summed E-state index contributed by atoms with van der Waals surface area (Å²) in [4.78, 5) is 16.0. The molecule has 0 spiro atoms. The van der Waals surface area contributed by atoms with E-state index in [4.69, 9.17) is 5.11 Å². The maximum absolute atomic E-state index is 10.9. The number of carbonyl (C=O) groups excluding carboxylic acids is 1. The Kier molecular flexibility index (Phi) is 5.42. The molecule has 68 valence electrons. The lowest BCUT2D eigenvalue weighted by Crippen LogP contribution is -2.23. The number of hydrogen-bond donors (Lipinski definition) is 2. The summed E-state index contributed by atoms with van der Waals surface area (Å²) in [6.45, 7) is 0.274. The van der Waals surface area contributed by atoms with Crippen LogP contribution in [0.5, 0.6) is 0 Å². The van der Waals surface area contributed by atoms with Crippen LogP contribution in [0.4, 0.5) is 0 Å². The minimum Gasteiger partial charge on any atom is -0.514 e. The van der Waals surface area contributed by atoms with Crippen LogP contribution in [0.25, 0.3) is 0 Å². The van der Waals surface area contributed by atoms with Crippen molar-refractivity contribution in [2.75, 3.05) is 20.8 Å². The normalized spacial score (nSPS) is 10.8. The highest BCUT2D eigenvalue weighted by Crippen LogP contribution is 1.73. The number of nitrogens with one attached hydrogen (secondary N) is 1. The second-order valence-corrected chi connectivity index (χ2v) is 2.22. The summed E-state index contributed by atoms with van der Waals surface area (Å²) in [7, 11) is 3.30. The molecule has 12 heavy (non-hydrogen) atoms. The van der Waals surface area contributed by atoms with E-state index in [1.54, 1.807) is 14.1 Å². The molecule has 0 radical (unpaired) electrons. The maximum Gasteiger partial charge on any atom is 0.264 e. The lowest BCUT2D eigenvalue weighted by atomic mass is 10.6. The molecular formula is C7H13N3O2. The molecule has 0 atom stereocenters. The van der Waals surface area contributed by atoms with Gasteiger partial charge < -0.3 is 15.3 Å². The van der Waals surface area contributed by atoms with Gasteiger partial charge in [-0.15, -0.1) is 0 Å². The summed E-state index contributed by atoms with van der Waals surface area (Å²) in [5.41, 5.74) is 0. The third-order valence-corrected chi connectivity index (χ3v) is 1.02. The minimum atomic E-state index is -0.162. The number of hydrogen-bond acceptors (Lipinski definition) is 4. The molecule has 0 saturated carbocycles. The van der Waals surface area contributed by atoms with Crippen molar-refractivity contribution in [3.05, 3.63) is 12.5 Å². The summed E-state index contributed by atoms with van der Waals surface area (Å²) >= 11 is 0. The molecule has 1 amide bonds. The molecule has 0 saturated heterocycles. The van der Waals surface area contributed by atoms with Crippen molar-refractivity contribution in [1.82, 2.24) is 10.2 Å². The highest BCUT2D eigenvalue weighted by Gasteiger charge is 1.95. The van der Waals surface area contributed by atoms with Gasteiger partial charge in [0.15, 0.2) is 0 Å². The largest absolute Gasteiger partial charge is 0.514 e. The van der Waals surface area contributed by atoms with E-state index in [2.05, 4.69) is 10.3 Å². The predicted molar refractivity (Wildman–Crippen MR) is 47.0 cm³/mol. The lowest BCUT2D eigenvalue weighted by Gasteiger charge is -2.04. The third-order valence-electron chi connectivity index (χ3n) is 1.02. The van der Waals surface area contributed by atoms with E-state index in [0.29, 0.717) is 0 Å². The van der Waals surface area contributed by atoms with Gasteiger partial charge in [0.25, 0.3) is 5.91 Å². The zero-order valence-corrected chi connectivity index (χ0v) is 7.19. The summed E-state index contributed by atoms with van der Waals surface area (Å²) in [6.07, 6.45) is 3.42. The smallest absolute Gasteiger partial charge is 0.264 e. The molecule has 0 aliphatic heterocycles. The van der Waals surface area contributed by atoms with E-state index in [1.807, 2.05) is 0 Å². The standard InChI is InChI=1S/C7H13N3O2/c1-10(2)7(12)5-9-6-8-3-4-11/h3-5,8,11H,6H2,1-2H3/b4-3+,9-5+. The Morgan fingerprint density at radius 3 is 2.83 bits per heavy atom. The fraction of sp³-hybridized carbons (Fsp3) is 0.429. The van der Waals surface area contributed by atoms with Crippen LogP contribution < -0.4 is 5.32 Å². The summed E-state index contributed by atoms with van der Waals surface area (Å²) in [6, 6.07) is 0. The van der Waals surface area contributed by atoms with E-state index in [-0.39, 0.29) is 12.6 Å². The van der Waals surface area contributed by atoms with Crippen molar-refractivity contribution < 1.29 is 9.90 Å². The van der Waals surface area contributed by atoms with Gasteiger partial charge in [0.2, 0.25) is 0 Å². The number of nitrogens with zero attached hydrogens (tertiary/aromatic N) is 2. The monoisotopic (exact) mass is 171 g/mol. The highest BCUT2D eigenvalue weighted by atomic mass is 16.2. The Labute approximate surface area is 71.4 Å². The fourth-order valence-corrected chi connectivity index (χ4v) is 0.397. The summed E-state index contributed by atoms with van der Waals surface area (Å²) in [5.74, 6) is -0.162. The van der Waals surface area contributed by atoms with Gasteiger partial charge >= 0.3 is 0 Å². The molecule has 0 rings (SSSR count). The van der Waals surface area contributed by atoms with Gasteiger partial charge in [0.05, 0.1) is 12.5 Å². The Balaban J connectivity index is 3.55. The molecule has 5 heteroatoms. The molecule has 0 bridgehead atoms. The van der Waals surface area contributed by atoms with Crippen LogP contribution in [0.15, 0.2) is 17.5 Å². The van der Waals surface area contributed by atoms with Gasteiger partial charge in [-0.25, -0.2) is 0 Å². The van der Waals surface area contributed by atoms with E-state index in [0.717, 1.165) is 6.26 Å². The van der Waals surface area contributed by atoms with Crippen LogP contribution in [0.3, 0.4) is 0 Å². The zero-order chi connectivity index (χ0) is 9.40. The molecular weight excluding hydrogens is 158 g/mol. The molecule has 0 aromatic heterocycles. The van der Waals surface area contributed by atoms with Crippen molar-refractivity contribution in [3.63, 3.8) is 0 Å².